The molecular formula is C16H18N2O2. The van der Waals surface area contributed by atoms with E-state index in [0.29, 0.717) is 29.5 Å². The Bertz CT molecular complexity index is 573. The fourth-order valence-electron chi connectivity index (χ4n) is 3.22. The Morgan fingerprint density at radius 3 is 3.10 bits per heavy atom. The third-order valence-electron chi connectivity index (χ3n) is 4.18. The summed E-state index contributed by atoms with van der Waals surface area (Å²) >= 11 is 0. The Kier molecular flexibility index (Phi) is 3.70. The van der Waals surface area contributed by atoms with Crippen LogP contribution in [0, 0.1) is 17.8 Å². The molecule has 1 aliphatic carbocycles. The number of carbonyl (C=O) groups excluding carboxylic acids is 1. The highest BCUT2D eigenvalue weighted by molar-refractivity contribution is 5.97. The molecule has 20 heavy (non-hydrogen) atoms. The van der Waals surface area contributed by atoms with E-state index in [1.807, 2.05) is 4.90 Å². The zero-order valence-corrected chi connectivity index (χ0v) is 11.4. The molecule has 2 fully saturated rings. The van der Waals surface area contributed by atoms with E-state index < -0.39 is 0 Å². The molecule has 2 atom stereocenters. The number of rotatable bonds is 2. The predicted octanol–water partition coefficient (Wildman–Crippen LogP) is 1.44. The van der Waals surface area contributed by atoms with Crippen molar-refractivity contribution >= 4 is 5.91 Å². The molecule has 2 unspecified atom stereocenters. The van der Waals surface area contributed by atoms with Gasteiger partial charge in [-0.3, -0.25) is 9.78 Å². The van der Waals surface area contributed by atoms with Crippen LogP contribution in [-0.2, 0) is 0 Å². The highest BCUT2D eigenvalue weighted by Gasteiger charge is 2.40. The molecule has 1 aromatic rings. The Hall–Kier alpha value is -1.86. The van der Waals surface area contributed by atoms with Gasteiger partial charge in [-0.25, -0.2) is 0 Å². The number of amides is 1. The normalized spacial score (nSPS) is 23.6. The summed E-state index contributed by atoms with van der Waals surface area (Å²) in [6.07, 6.45) is 7.23. The number of fused-ring (bicyclic) bond motifs is 2. The molecule has 2 heterocycles. The number of aromatic nitrogens is 1. The minimum absolute atomic E-state index is 0.0341. The van der Waals surface area contributed by atoms with Gasteiger partial charge in [0.2, 0.25) is 0 Å². The second kappa shape index (κ2) is 5.64. The van der Waals surface area contributed by atoms with Crippen molar-refractivity contribution in [2.45, 2.75) is 31.7 Å². The number of aliphatic hydroxyl groups excluding tert-OH is 1. The van der Waals surface area contributed by atoms with Crippen molar-refractivity contribution in [2.75, 3.05) is 13.2 Å². The molecule has 0 radical (unpaired) electrons. The minimum atomic E-state index is 0.0341. The van der Waals surface area contributed by atoms with Crippen LogP contribution in [0.25, 0.3) is 0 Å². The van der Waals surface area contributed by atoms with Gasteiger partial charge in [0.15, 0.2) is 0 Å². The third-order valence-corrected chi connectivity index (χ3v) is 4.18. The number of hydrogen-bond donors (Lipinski definition) is 1. The van der Waals surface area contributed by atoms with Crippen LogP contribution in [0.3, 0.4) is 0 Å². The van der Waals surface area contributed by atoms with Gasteiger partial charge in [-0.1, -0.05) is 11.8 Å². The van der Waals surface area contributed by atoms with Crippen LogP contribution in [0.2, 0.25) is 0 Å². The largest absolute Gasteiger partial charge is 0.395 e. The molecule has 1 saturated heterocycles. The Morgan fingerprint density at radius 1 is 1.50 bits per heavy atom. The summed E-state index contributed by atoms with van der Waals surface area (Å²) < 4.78 is 0. The first-order valence-corrected chi connectivity index (χ1v) is 7.14. The molecule has 3 rings (SSSR count). The Labute approximate surface area is 118 Å². The van der Waals surface area contributed by atoms with Gasteiger partial charge in [-0.2, -0.15) is 0 Å². The number of pyridine rings is 1. The van der Waals surface area contributed by atoms with Crippen molar-refractivity contribution in [2.24, 2.45) is 5.92 Å². The van der Waals surface area contributed by atoms with E-state index >= 15 is 0 Å². The molecule has 2 aliphatic rings. The molecule has 4 nitrogen and oxygen atoms in total. The van der Waals surface area contributed by atoms with Crippen molar-refractivity contribution in [1.29, 1.82) is 0 Å². The predicted molar refractivity (Wildman–Crippen MR) is 75.0 cm³/mol. The van der Waals surface area contributed by atoms with Gasteiger partial charge in [0, 0.05) is 31.4 Å². The van der Waals surface area contributed by atoms with E-state index in [4.69, 9.17) is 5.11 Å². The Balaban J connectivity index is 1.83. The van der Waals surface area contributed by atoms with E-state index in [-0.39, 0.29) is 12.5 Å². The second-order valence-electron chi connectivity index (χ2n) is 5.49. The zero-order valence-electron chi connectivity index (χ0n) is 11.4. The molecule has 0 spiro atoms. The van der Waals surface area contributed by atoms with Gasteiger partial charge in [-0.15, -0.1) is 0 Å². The first kappa shape index (κ1) is 13.1. The summed E-state index contributed by atoms with van der Waals surface area (Å²) in [5, 5.41) is 8.77. The number of aliphatic hydroxyl groups is 1. The van der Waals surface area contributed by atoms with Gasteiger partial charge in [0.1, 0.15) is 0 Å². The molecule has 1 N–H and O–H groups in total. The van der Waals surface area contributed by atoms with Crippen LogP contribution in [0.5, 0.6) is 0 Å². The van der Waals surface area contributed by atoms with Crippen molar-refractivity contribution in [3.05, 3.63) is 29.6 Å². The SMILES string of the molecule is O=C(c1ccncc1C#CCCO)N1CC2CCC1C2. The van der Waals surface area contributed by atoms with Crippen LogP contribution in [0.15, 0.2) is 18.5 Å². The summed E-state index contributed by atoms with van der Waals surface area (Å²) in [5.41, 5.74) is 1.30. The molecule has 1 amide bonds. The summed E-state index contributed by atoms with van der Waals surface area (Å²) in [6, 6.07) is 2.16. The lowest BCUT2D eigenvalue weighted by Gasteiger charge is -2.27. The van der Waals surface area contributed by atoms with Crippen LogP contribution >= 0.6 is 0 Å². The fourth-order valence-corrected chi connectivity index (χ4v) is 3.22. The maximum atomic E-state index is 12.7. The second-order valence-corrected chi connectivity index (χ2v) is 5.49. The standard InChI is InChI=1S/C16H18N2O2/c19-8-2-1-3-13-10-17-7-6-15(13)16(20)18-11-12-4-5-14(18)9-12/h6-7,10,12,14,19H,2,4-5,8-9,11H2. The van der Waals surface area contributed by atoms with Gasteiger partial charge >= 0.3 is 0 Å². The molecule has 4 heteroatoms. The lowest BCUT2D eigenvalue weighted by Crippen LogP contribution is -2.38. The molecular weight excluding hydrogens is 252 g/mol. The summed E-state index contributed by atoms with van der Waals surface area (Å²) in [6.45, 7) is 0.918. The molecule has 1 saturated carbocycles. The lowest BCUT2D eigenvalue weighted by molar-refractivity contribution is 0.0703. The van der Waals surface area contributed by atoms with Crippen molar-refractivity contribution in [1.82, 2.24) is 9.88 Å². The average Bonchev–Trinajstić information content (AvgIpc) is 3.10. The first-order valence-electron chi connectivity index (χ1n) is 7.14. The summed E-state index contributed by atoms with van der Waals surface area (Å²) in [4.78, 5) is 18.7. The van der Waals surface area contributed by atoms with E-state index in [0.717, 1.165) is 19.4 Å². The Morgan fingerprint density at radius 2 is 2.40 bits per heavy atom. The van der Waals surface area contributed by atoms with Crippen molar-refractivity contribution in [3.63, 3.8) is 0 Å². The van der Waals surface area contributed by atoms with E-state index in [9.17, 15) is 4.79 Å². The summed E-state index contributed by atoms with van der Waals surface area (Å²) in [5.74, 6) is 6.57. The molecule has 1 aliphatic heterocycles. The van der Waals surface area contributed by atoms with E-state index in [1.165, 1.54) is 6.42 Å². The molecule has 1 aromatic heterocycles. The number of piperidine rings is 1. The smallest absolute Gasteiger partial charge is 0.255 e. The summed E-state index contributed by atoms with van der Waals surface area (Å²) in [7, 11) is 0. The van der Waals surface area contributed by atoms with Gasteiger partial charge in [-0.05, 0) is 31.2 Å². The lowest BCUT2D eigenvalue weighted by atomic mass is 10.1. The maximum absolute atomic E-state index is 12.7. The highest BCUT2D eigenvalue weighted by atomic mass is 16.2. The maximum Gasteiger partial charge on any atom is 0.255 e. The minimum Gasteiger partial charge on any atom is -0.395 e. The number of carbonyl (C=O) groups is 1. The first-order chi connectivity index (χ1) is 9.79. The van der Waals surface area contributed by atoms with Crippen LogP contribution in [0.4, 0.5) is 0 Å². The van der Waals surface area contributed by atoms with Gasteiger partial charge in [0.25, 0.3) is 5.91 Å². The van der Waals surface area contributed by atoms with Gasteiger partial charge in [0.05, 0.1) is 17.7 Å². The van der Waals surface area contributed by atoms with E-state index in [2.05, 4.69) is 16.8 Å². The highest BCUT2D eigenvalue weighted by Crippen LogP contribution is 2.38. The average molecular weight is 270 g/mol. The topological polar surface area (TPSA) is 53.4 Å². The fraction of sp³-hybridized carbons (Fsp3) is 0.500. The number of hydrogen-bond acceptors (Lipinski definition) is 3. The van der Waals surface area contributed by atoms with Crippen molar-refractivity contribution < 1.29 is 9.90 Å². The number of likely N-dealkylation sites (tertiary alicyclic amines) is 1. The number of nitrogens with zero attached hydrogens (tertiary/aromatic N) is 2. The molecule has 0 aromatic carbocycles. The van der Waals surface area contributed by atoms with Crippen molar-refractivity contribution in [3.8, 4) is 11.8 Å². The van der Waals surface area contributed by atoms with Crippen LogP contribution in [0.1, 0.15) is 41.6 Å². The van der Waals surface area contributed by atoms with Crippen LogP contribution in [-0.4, -0.2) is 40.1 Å². The molecule has 104 valence electrons. The quantitative estimate of drug-likeness (QED) is 0.827. The van der Waals surface area contributed by atoms with Crippen LogP contribution < -0.4 is 0 Å². The monoisotopic (exact) mass is 270 g/mol. The third kappa shape index (κ3) is 2.41. The van der Waals surface area contributed by atoms with E-state index in [1.54, 1.807) is 18.5 Å². The molecule has 2 bridgehead atoms. The zero-order chi connectivity index (χ0) is 13.9. The van der Waals surface area contributed by atoms with Gasteiger partial charge < -0.3 is 10.0 Å².